The quantitative estimate of drug-likeness (QED) is 0.614. The second kappa shape index (κ2) is 8.45. The second-order valence-corrected chi connectivity index (χ2v) is 11.3. The van der Waals surface area contributed by atoms with Gasteiger partial charge in [0.25, 0.3) is 5.56 Å². The molecule has 0 atom stereocenters. The number of nitrogens with zero attached hydrogens (tertiary/aromatic N) is 5. The maximum atomic E-state index is 13.6. The van der Waals surface area contributed by atoms with E-state index in [0.717, 1.165) is 19.0 Å². The number of anilines is 3. The highest BCUT2D eigenvalue weighted by atomic mass is 19.4. The Morgan fingerprint density at radius 1 is 1.08 bits per heavy atom. The molecular formula is C24H32F3N7O2. The zero-order chi connectivity index (χ0) is 26.7. The van der Waals surface area contributed by atoms with Crippen molar-refractivity contribution >= 4 is 23.4 Å². The third kappa shape index (κ3) is 5.17. The van der Waals surface area contributed by atoms with E-state index < -0.39 is 34.2 Å². The van der Waals surface area contributed by atoms with Crippen LogP contribution in [-0.4, -0.2) is 47.2 Å². The number of piperidine rings is 1. The highest BCUT2D eigenvalue weighted by Crippen LogP contribution is 2.43. The van der Waals surface area contributed by atoms with Crippen molar-refractivity contribution in [3.8, 4) is 0 Å². The first-order valence-electron chi connectivity index (χ1n) is 11.9. The van der Waals surface area contributed by atoms with Gasteiger partial charge in [0.15, 0.2) is 0 Å². The Morgan fingerprint density at radius 2 is 1.69 bits per heavy atom. The summed E-state index contributed by atoms with van der Waals surface area (Å²) in [6.07, 6.45) is 0.125. The molecule has 3 heterocycles. The van der Waals surface area contributed by atoms with Crippen LogP contribution in [0.25, 0.3) is 0 Å². The Balaban J connectivity index is 1.61. The fourth-order valence-corrected chi connectivity index (χ4v) is 5.48. The molecule has 0 unspecified atom stereocenters. The number of hydrogen-bond acceptors (Lipinski definition) is 7. The summed E-state index contributed by atoms with van der Waals surface area (Å²) in [5.74, 6) is -0.424. The van der Waals surface area contributed by atoms with Crippen LogP contribution in [0.2, 0.25) is 0 Å². The van der Waals surface area contributed by atoms with Crippen LogP contribution in [0.15, 0.2) is 23.3 Å². The zero-order valence-electron chi connectivity index (χ0n) is 21.3. The normalized spacial score (nSPS) is 20.6. The van der Waals surface area contributed by atoms with Gasteiger partial charge in [-0.15, -0.1) is 0 Å². The predicted octanol–water partition coefficient (Wildman–Crippen LogP) is 4.50. The fraction of sp³-hybridized carbons (Fsp3) is 0.625. The molecule has 12 heteroatoms. The minimum Gasteiger partial charge on any atom is -0.349 e. The maximum absolute atomic E-state index is 13.6. The van der Waals surface area contributed by atoms with E-state index in [1.807, 2.05) is 39.5 Å². The van der Waals surface area contributed by atoms with Crippen molar-refractivity contribution in [1.82, 2.24) is 24.6 Å². The van der Waals surface area contributed by atoms with Crippen molar-refractivity contribution in [1.29, 1.82) is 0 Å². The summed E-state index contributed by atoms with van der Waals surface area (Å²) in [7, 11) is 0. The minimum absolute atomic E-state index is 0.0434. The topological polar surface area (TPSA) is 105 Å². The van der Waals surface area contributed by atoms with E-state index in [2.05, 4.69) is 25.7 Å². The molecule has 4 rings (SSSR count). The molecule has 1 saturated carbocycles. The number of aromatic nitrogens is 4. The van der Waals surface area contributed by atoms with Crippen molar-refractivity contribution in [2.24, 2.45) is 0 Å². The number of carbonyl (C=O) groups excluding carboxylic acids is 1. The molecule has 1 aliphatic heterocycles. The molecule has 2 aliphatic rings. The summed E-state index contributed by atoms with van der Waals surface area (Å²) in [4.78, 5) is 35.0. The number of nitrogens with one attached hydrogen (secondary N) is 2. The molecule has 2 fully saturated rings. The van der Waals surface area contributed by atoms with Crippen LogP contribution in [0.4, 0.5) is 30.6 Å². The molecule has 196 valence electrons. The molecular weight excluding hydrogens is 475 g/mol. The monoisotopic (exact) mass is 507 g/mol. The first-order chi connectivity index (χ1) is 16.5. The second-order valence-electron chi connectivity index (χ2n) is 11.3. The van der Waals surface area contributed by atoms with Gasteiger partial charge in [-0.05, 0) is 60.3 Å². The highest BCUT2D eigenvalue weighted by Gasteiger charge is 2.47. The van der Waals surface area contributed by atoms with Gasteiger partial charge in [0, 0.05) is 35.8 Å². The van der Waals surface area contributed by atoms with Crippen molar-refractivity contribution in [3.63, 3.8) is 0 Å². The molecule has 0 radical (unpaired) electrons. The summed E-state index contributed by atoms with van der Waals surface area (Å²) in [6.45, 7) is 11.3. The van der Waals surface area contributed by atoms with Crippen LogP contribution in [-0.2, 0) is 11.0 Å². The molecule has 0 spiro atoms. The van der Waals surface area contributed by atoms with E-state index in [9.17, 15) is 22.8 Å². The maximum Gasteiger partial charge on any atom is 0.421 e. The van der Waals surface area contributed by atoms with Crippen LogP contribution in [0.1, 0.15) is 78.8 Å². The van der Waals surface area contributed by atoms with Gasteiger partial charge in [-0.3, -0.25) is 9.59 Å². The molecule has 9 nitrogen and oxygen atoms in total. The molecule has 2 N–H and O–H groups in total. The minimum atomic E-state index is -4.69. The van der Waals surface area contributed by atoms with Gasteiger partial charge >= 0.3 is 6.18 Å². The van der Waals surface area contributed by atoms with Crippen LogP contribution < -0.4 is 16.2 Å². The van der Waals surface area contributed by atoms with E-state index in [1.54, 1.807) is 0 Å². The van der Waals surface area contributed by atoms with E-state index in [0.29, 0.717) is 12.8 Å². The lowest BCUT2D eigenvalue weighted by atomic mass is 9.77. The number of carbonyl (C=O) groups is 1. The zero-order valence-corrected chi connectivity index (χ0v) is 21.3. The lowest BCUT2D eigenvalue weighted by molar-refractivity contribution is -0.148. The number of hydrogen-bond donors (Lipinski definition) is 2. The summed E-state index contributed by atoms with van der Waals surface area (Å²) < 4.78 is 42.2. The van der Waals surface area contributed by atoms with E-state index in [4.69, 9.17) is 0 Å². The molecule has 2 aromatic rings. The third-order valence-electron chi connectivity index (χ3n) is 6.94. The first kappa shape index (κ1) is 25.9. The number of halogens is 3. The summed E-state index contributed by atoms with van der Waals surface area (Å²) in [5.41, 5.74) is -2.67. The first-order valence-corrected chi connectivity index (χ1v) is 11.9. The molecule has 36 heavy (non-hydrogen) atoms. The molecule has 2 aromatic heterocycles. The number of rotatable bonds is 5. The SMILES string of the molecule is CC(=O)N1C(C)(C)CC(n2ncc(Nc3nc(NC4(C)CC4)ncc3C(F)(F)F)cc2=O)CC1(C)C. The molecule has 1 amide bonds. The highest BCUT2D eigenvalue weighted by molar-refractivity contribution is 5.75. The van der Waals surface area contributed by atoms with Crippen molar-refractivity contribution in [3.05, 3.63) is 34.4 Å². The molecule has 1 aliphatic carbocycles. The summed E-state index contributed by atoms with van der Waals surface area (Å²) in [5, 5.41) is 9.94. The third-order valence-corrected chi connectivity index (χ3v) is 6.94. The summed E-state index contributed by atoms with van der Waals surface area (Å²) >= 11 is 0. The smallest absolute Gasteiger partial charge is 0.349 e. The number of alkyl halides is 3. The molecule has 1 saturated heterocycles. The molecule has 0 bridgehead atoms. The Hall–Kier alpha value is -3.18. The average Bonchev–Trinajstić information content (AvgIpc) is 3.41. The Kier molecular flexibility index (Phi) is 6.08. The van der Waals surface area contributed by atoms with Crippen LogP contribution in [0.3, 0.4) is 0 Å². The number of likely N-dealkylation sites (tertiary alicyclic amines) is 1. The average molecular weight is 508 g/mol. The van der Waals surface area contributed by atoms with Crippen molar-refractivity contribution in [2.75, 3.05) is 10.6 Å². The Bertz CT molecular complexity index is 1220. The van der Waals surface area contributed by atoms with Crippen LogP contribution >= 0.6 is 0 Å². The van der Waals surface area contributed by atoms with Crippen LogP contribution in [0.5, 0.6) is 0 Å². The van der Waals surface area contributed by atoms with Crippen molar-refractivity contribution in [2.45, 2.75) is 96.1 Å². The predicted molar refractivity (Wildman–Crippen MR) is 129 cm³/mol. The fourth-order valence-electron chi connectivity index (χ4n) is 5.48. The van der Waals surface area contributed by atoms with Gasteiger partial charge < -0.3 is 15.5 Å². The van der Waals surface area contributed by atoms with E-state index in [-0.39, 0.29) is 29.1 Å². The van der Waals surface area contributed by atoms with E-state index in [1.165, 1.54) is 23.9 Å². The van der Waals surface area contributed by atoms with Gasteiger partial charge in [-0.1, -0.05) is 0 Å². The van der Waals surface area contributed by atoms with Gasteiger partial charge in [0.1, 0.15) is 11.4 Å². The van der Waals surface area contributed by atoms with E-state index >= 15 is 0 Å². The Labute approximate surface area is 207 Å². The standard InChI is InChI=1S/C24H32F3N7O2/c1-14(35)34-21(2,3)10-16(11-22(34,4)5)33-18(36)9-15(12-29-33)30-19-17(24(25,26)27)13-28-20(31-19)32-23(6)7-8-23/h9,12-13,16H,7-8,10-11H2,1-6H3,(H2,28,30,31,32). The van der Waals surface area contributed by atoms with Gasteiger partial charge in [0.05, 0.1) is 17.9 Å². The summed E-state index contributed by atoms with van der Waals surface area (Å²) in [6, 6.07) is 0.925. The number of amides is 1. The lowest BCUT2D eigenvalue weighted by Gasteiger charge is -2.55. The van der Waals surface area contributed by atoms with Gasteiger partial charge in [0.2, 0.25) is 11.9 Å². The lowest BCUT2D eigenvalue weighted by Crippen LogP contribution is -2.62. The van der Waals surface area contributed by atoms with Crippen molar-refractivity contribution < 1.29 is 18.0 Å². The van der Waals surface area contributed by atoms with Crippen LogP contribution in [0, 0.1) is 0 Å². The molecule has 0 aromatic carbocycles. The van der Waals surface area contributed by atoms with Gasteiger partial charge in [-0.2, -0.15) is 23.3 Å². The Morgan fingerprint density at radius 3 is 2.19 bits per heavy atom. The van der Waals surface area contributed by atoms with Gasteiger partial charge in [-0.25, -0.2) is 9.67 Å². The largest absolute Gasteiger partial charge is 0.421 e.